The lowest BCUT2D eigenvalue weighted by Gasteiger charge is -1.99. The van der Waals surface area contributed by atoms with Crippen LogP contribution in [0.1, 0.15) is 12.6 Å². The Hall–Kier alpha value is -0.420. The maximum Gasteiger partial charge on any atom is 0.182 e. The summed E-state index contributed by atoms with van der Waals surface area (Å²) >= 11 is 1.35. The molecule has 1 aromatic heterocycles. The standard InChI is InChI=1S/C7H10N2OS.BrH/c1-5-4-11-7(8)9(5)3-6(2)10;/h4,8H,3H2,1-2H3;1H. The van der Waals surface area contributed by atoms with E-state index in [4.69, 9.17) is 5.41 Å². The zero-order valence-corrected chi connectivity index (χ0v) is 9.49. The van der Waals surface area contributed by atoms with Gasteiger partial charge >= 0.3 is 0 Å². The Morgan fingerprint density at radius 2 is 2.33 bits per heavy atom. The number of rotatable bonds is 2. The van der Waals surface area contributed by atoms with Gasteiger partial charge in [-0.3, -0.25) is 10.2 Å². The van der Waals surface area contributed by atoms with Gasteiger partial charge in [0.15, 0.2) is 4.80 Å². The van der Waals surface area contributed by atoms with E-state index < -0.39 is 0 Å². The lowest BCUT2D eigenvalue weighted by atomic mass is 10.4. The highest BCUT2D eigenvalue weighted by Crippen LogP contribution is 1.98. The van der Waals surface area contributed by atoms with Gasteiger partial charge in [-0.1, -0.05) is 0 Å². The quantitative estimate of drug-likeness (QED) is 0.850. The van der Waals surface area contributed by atoms with Crippen molar-refractivity contribution in [3.8, 4) is 0 Å². The second-order valence-electron chi connectivity index (χ2n) is 2.47. The van der Waals surface area contributed by atoms with Crippen LogP contribution in [-0.4, -0.2) is 10.4 Å². The van der Waals surface area contributed by atoms with Gasteiger partial charge < -0.3 is 4.57 Å². The summed E-state index contributed by atoms with van der Waals surface area (Å²) in [6.07, 6.45) is 0. The molecule has 68 valence electrons. The fourth-order valence-corrected chi connectivity index (χ4v) is 1.59. The van der Waals surface area contributed by atoms with E-state index in [2.05, 4.69) is 0 Å². The minimum atomic E-state index is 0. The summed E-state index contributed by atoms with van der Waals surface area (Å²) in [6, 6.07) is 0. The topological polar surface area (TPSA) is 45.9 Å². The van der Waals surface area contributed by atoms with E-state index in [-0.39, 0.29) is 22.8 Å². The smallest absolute Gasteiger partial charge is 0.182 e. The SMILES string of the molecule is Br.CC(=O)Cn1c(C)csc1=N. The van der Waals surface area contributed by atoms with Crippen LogP contribution < -0.4 is 4.80 Å². The van der Waals surface area contributed by atoms with Gasteiger partial charge in [0.05, 0.1) is 6.54 Å². The third-order valence-electron chi connectivity index (χ3n) is 1.39. The van der Waals surface area contributed by atoms with Gasteiger partial charge in [-0.25, -0.2) is 0 Å². The molecule has 0 spiro atoms. The molecular formula is C7H11BrN2OS. The normalized spacial score (nSPS) is 9.17. The van der Waals surface area contributed by atoms with Crippen LogP contribution >= 0.6 is 28.3 Å². The minimum Gasteiger partial charge on any atom is -0.314 e. The molecule has 0 aliphatic carbocycles. The molecule has 0 saturated carbocycles. The summed E-state index contributed by atoms with van der Waals surface area (Å²) in [5, 5.41) is 9.29. The lowest BCUT2D eigenvalue weighted by Crippen LogP contribution is -2.18. The van der Waals surface area contributed by atoms with E-state index in [0.29, 0.717) is 11.3 Å². The number of Topliss-reactive ketones (excluding diaryl/α,β-unsaturated/α-hetero) is 1. The fraction of sp³-hybridized carbons (Fsp3) is 0.429. The molecule has 5 heteroatoms. The maximum absolute atomic E-state index is 10.7. The molecule has 12 heavy (non-hydrogen) atoms. The number of carbonyl (C=O) groups excluding carboxylic acids is 1. The molecule has 0 aromatic carbocycles. The van der Waals surface area contributed by atoms with Gasteiger partial charge in [-0.05, 0) is 13.8 Å². The molecule has 0 amide bonds. The van der Waals surface area contributed by atoms with Crippen molar-refractivity contribution in [1.29, 1.82) is 5.41 Å². The van der Waals surface area contributed by atoms with Gasteiger partial charge in [-0.15, -0.1) is 28.3 Å². The molecule has 0 aliphatic rings. The number of ketones is 1. The predicted molar refractivity (Wildman–Crippen MR) is 53.9 cm³/mol. The first kappa shape index (κ1) is 11.6. The van der Waals surface area contributed by atoms with Crippen molar-refractivity contribution in [2.75, 3.05) is 0 Å². The van der Waals surface area contributed by atoms with E-state index in [0.717, 1.165) is 5.69 Å². The highest BCUT2D eigenvalue weighted by Gasteiger charge is 2.01. The van der Waals surface area contributed by atoms with E-state index in [1.807, 2.05) is 12.3 Å². The Labute approximate surface area is 85.3 Å². The first-order valence-corrected chi connectivity index (χ1v) is 4.18. The molecule has 1 N–H and O–H groups in total. The molecule has 1 rings (SSSR count). The second-order valence-corrected chi connectivity index (χ2v) is 3.33. The van der Waals surface area contributed by atoms with Crippen LogP contribution in [0.4, 0.5) is 0 Å². The molecule has 0 saturated heterocycles. The van der Waals surface area contributed by atoms with Crippen molar-refractivity contribution in [3.05, 3.63) is 15.9 Å². The third-order valence-corrected chi connectivity index (χ3v) is 2.30. The van der Waals surface area contributed by atoms with Crippen LogP contribution in [0.25, 0.3) is 0 Å². The molecule has 0 radical (unpaired) electrons. The van der Waals surface area contributed by atoms with Gasteiger partial charge in [0.25, 0.3) is 0 Å². The Bertz CT molecular complexity index is 328. The summed E-state index contributed by atoms with van der Waals surface area (Å²) in [4.78, 5) is 11.2. The fourth-order valence-electron chi connectivity index (χ4n) is 0.848. The molecule has 0 bridgehead atoms. The van der Waals surface area contributed by atoms with Crippen molar-refractivity contribution in [3.63, 3.8) is 0 Å². The molecule has 0 aliphatic heterocycles. The van der Waals surface area contributed by atoms with Crippen LogP contribution in [0.15, 0.2) is 5.38 Å². The Kier molecular flexibility index (Phi) is 4.41. The van der Waals surface area contributed by atoms with E-state index in [1.165, 1.54) is 18.3 Å². The molecule has 3 nitrogen and oxygen atoms in total. The van der Waals surface area contributed by atoms with E-state index >= 15 is 0 Å². The summed E-state index contributed by atoms with van der Waals surface area (Å²) in [7, 11) is 0. The van der Waals surface area contributed by atoms with Gasteiger partial charge in [0, 0.05) is 11.1 Å². The number of nitrogens with zero attached hydrogens (tertiary/aromatic N) is 1. The average molecular weight is 251 g/mol. The molecule has 0 unspecified atom stereocenters. The average Bonchev–Trinajstić information content (AvgIpc) is 2.18. The van der Waals surface area contributed by atoms with Crippen LogP contribution in [0.5, 0.6) is 0 Å². The zero-order valence-electron chi connectivity index (χ0n) is 6.96. The first-order chi connectivity index (χ1) is 5.11. The van der Waals surface area contributed by atoms with Crippen LogP contribution in [-0.2, 0) is 11.3 Å². The molecule has 0 atom stereocenters. The molecule has 1 heterocycles. The monoisotopic (exact) mass is 250 g/mol. The largest absolute Gasteiger partial charge is 0.314 e. The number of aryl methyl sites for hydroxylation is 1. The van der Waals surface area contributed by atoms with E-state index in [9.17, 15) is 4.79 Å². The van der Waals surface area contributed by atoms with Crippen LogP contribution in [0.2, 0.25) is 0 Å². The number of aromatic nitrogens is 1. The number of carbonyl (C=O) groups is 1. The Morgan fingerprint density at radius 1 is 1.75 bits per heavy atom. The highest BCUT2D eigenvalue weighted by molar-refractivity contribution is 8.93. The Morgan fingerprint density at radius 3 is 2.67 bits per heavy atom. The summed E-state index contributed by atoms with van der Waals surface area (Å²) in [5.41, 5.74) is 0.982. The highest BCUT2D eigenvalue weighted by atomic mass is 79.9. The zero-order chi connectivity index (χ0) is 8.43. The predicted octanol–water partition coefficient (Wildman–Crippen LogP) is 1.50. The number of hydrogen-bond acceptors (Lipinski definition) is 3. The summed E-state index contributed by atoms with van der Waals surface area (Å²) < 4.78 is 1.70. The van der Waals surface area contributed by atoms with Gasteiger partial charge in [-0.2, -0.15) is 0 Å². The Balaban J connectivity index is 0.00000121. The number of thiazole rings is 1. The number of nitrogens with one attached hydrogen (secondary N) is 1. The van der Waals surface area contributed by atoms with Crippen molar-refractivity contribution in [1.82, 2.24) is 4.57 Å². The third kappa shape index (κ3) is 2.57. The number of hydrogen-bond donors (Lipinski definition) is 1. The van der Waals surface area contributed by atoms with Crippen molar-refractivity contribution >= 4 is 34.1 Å². The second kappa shape index (κ2) is 4.57. The molecular weight excluding hydrogens is 240 g/mol. The number of halogens is 1. The summed E-state index contributed by atoms with van der Waals surface area (Å²) in [5.74, 6) is 0.0880. The molecule has 0 fully saturated rings. The van der Waals surface area contributed by atoms with Crippen LogP contribution in [0, 0.1) is 12.3 Å². The van der Waals surface area contributed by atoms with Gasteiger partial charge in [0.1, 0.15) is 5.78 Å². The van der Waals surface area contributed by atoms with Crippen LogP contribution in [0.3, 0.4) is 0 Å². The van der Waals surface area contributed by atoms with Gasteiger partial charge in [0.2, 0.25) is 0 Å². The maximum atomic E-state index is 10.7. The minimum absolute atomic E-state index is 0. The van der Waals surface area contributed by atoms with Crippen molar-refractivity contribution in [2.24, 2.45) is 0 Å². The van der Waals surface area contributed by atoms with E-state index in [1.54, 1.807) is 4.57 Å². The van der Waals surface area contributed by atoms with Crippen molar-refractivity contribution < 1.29 is 4.79 Å². The molecule has 1 aromatic rings. The van der Waals surface area contributed by atoms with Crippen molar-refractivity contribution in [2.45, 2.75) is 20.4 Å². The lowest BCUT2D eigenvalue weighted by molar-refractivity contribution is -0.117. The first-order valence-electron chi connectivity index (χ1n) is 3.30. The summed E-state index contributed by atoms with van der Waals surface area (Å²) in [6.45, 7) is 3.76.